The van der Waals surface area contributed by atoms with Gasteiger partial charge in [0.25, 0.3) is 0 Å². The summed E-state index contributed by atoms with van der Waals surface area (Å²) in [4.78, 5) is 2.32. The van der Waals surface area contributed by atoms with Gasteiger partial charge in [0.05, 0.1) is 6.54 Å². The van der Waals surface area contributed by atoms with Gasteiger partial charge in [0, 0.05) is 16.7 Å². The van der Waals surface area contributed by atoms with Crippen LogP contribution in [-0.2, 0) is 0 Å². The number of rotatable bonds is 6. The average Bonchev–Trinajstić information content (AvgIpc) is 2.45. The van der Waals surface area contributed by atoms with Gasteiger partial charge in [0.2, 0.25) is 0 Å². The van der Waals surface area contributed by atoms with Crippen molar-refractivity contribution in [3.8, 4) is 5.75 Å². The lowest BCUT2D eigenvalue weighted by Gasteiger charge is -2.23. The fourth-order valence-corrected chi connectivity index (χ4v) is 2.43. The van der Waals surface area contributed by atoms with Crippen LogP contribution in [0.3, 0.4) is 0 Å². The Morgan fingerprint density at radius 2 is 1.85 bits per heavy atom. The van der Waals surface area contributed by atoms with Gasteiger partial charge >= 0.3 is 0 Å². The van der Waals surface area contributed by atoms with Crippen molar-refractivity contribution in [1.29, 1.82) is 0 Å². The first-order chi connectivity index (χ1) is 9.69. The van der Waals surface area contributed by atoms with Crippen molar-refractivity contribution in [1.82, 2.24) is 0 Å². The van der Waals surface area contributed by atoms with Gasteiger partial charge in [-0.1, -0.05) is 39.7 Å². The number of halogens is 1. The molecule has 0 amide bonds. The third-order valence-corrected chi connectivity index (χ3v) is 3.70. The predicted molar refractivity (Wildman–Crippen MR) is 88.7 cm³/mol. The molecule has 0 spiro atoms. The van der Waals surface area contributed by atoms with E-state index in [-0.39, 0.29) is 0 Å². The number of nitrogens with zero attached hydrogens (tertiary/aromatic N) is 1. The quantitative estimate of drug-likeness (QED) is 0.762. The number of hydrogen-bond acceptors (Lipinski definition) is 2. The molecule has 0 aliphatic heterocycles. The molecule has 2 aromatic rings. The number of hydrogen-bond donors (Lipinski definition) is 0. The molecule has 2 aromatic carbocycles. The molecule has 0 N–H and O–H groups in total. The van der Waals surface area contributed by atoms with Crippen LogP contribution in [0.5, 0.6) is 5.75 Å². The second-order valence-electron chi connectivity index (χ2n) is 4.72. The van der Waals surface area contributed by atoms with Gasteiger partial charge in [0.1, 0.15) is 12.4 Å². The van der Waals surface area contributed by atoms with Gasteiger partial charge in [-0.3, -0.25) is 0 Å². The molecule has 0 heterocycles. The van der Waals surface area contributed by atoms with Crippen LogP contribution in [0.15, 0.2) is 53.0 Å². The van der Waals surface area contributed by atoms with E-state index in [2.05, 4.69) is 58.9 Å². The van der Waals surface area contributed by atoms with Gasteiger partial charge in [-0.15, -0.1) is 0 Å². The molecule has 0 aromatic heterocycles. The fourth-order valence-electron chi connectivity index (χ4n) is 2.06. The van der Waals surface area contributed by atoms with E-state index in [1.165, 1.54) is 11.3 Å². The molecule has 0 fully saturated rings. The highest BCUT2D eigenvalue weighted by atomic mass is 79.9. The number of benzene rings is 2. The Hall–Kier alpha value is -1.48. The molecule has 0 radical (unpaired) electrons. The number of anilines is 1. The van der Waals surface area contributed by atoms with E-state index in [1.807, 2.05) is 24.3 Å². The summed E-state index contributed by atoms with van der Waals surface area (Å²) in [5.41, 5.74) is 2.53. The van der Waals surface area contributed by atoms with Crippen molar-refractivity contribution in [2.45, 2.75) is 13.8 Å². The number of aryl methyl sites for hydroxylation is 1. The molecule has 0 bridgehead atoms. The number of likely N-dealkylation sites (N-methyl/N-ethyl adjacent to an activating group) is 1. The molecule has 106 valence electrons. The SMILES string of the molecule is CCN(CCOc1cccc(Br)c1)c1ccc(C)cc1. The highest BCUT2D eigenvalue weighted by Gasteiger charge is 2.04. The zero-order valence-corrected chi connectivity index (χ0v) is 13.6. The van der Waals surface area contributed by atoms with Crippen LogP contribution in [-0.4, -0.2) is 19.7 Å². The van der Waals surface area contributed by atoms with Crippen molar-refractivity contribution in [3.63, 3.8) is 0 Å². The summed E-state index contributed by atoms with van der Waals surface area (Å²) in [7, 11) is 0. The first kappa shape index (κ1) is 14.9. The molecule has 2 nitrogen and oxygen atoms in total. The van der Waals surface area contributed by atoms with E-state index < -0.39 is 0 Å². The molecule has 0 unspecified atom stereocenters. The summed E-state index contributed by atoms with van der Waals surface area (Å²) < 4.78 is 6.84. The van der Waals surface area contributed by atoms with Crippen molar-refractivity contribution >= 4 is 21.6 Å². The highest BCUT2D eigenvalue weighted by Crippen LogP contribution is 2.18. The second kappa shape index (κ2) is 7.34. The summed E-state index contributed by atoms with van der Waals surface area (Å²) in [5, 5.41) is 0. The predicted octanol–water partition coefficient (Wildman–Crippen LogP) is 4.66. The molecule has 0 aliphatic rings. The Kier molecular flexibility index (Phi) is 5.48. The molecule has 0 saturated carbocycles. The van der Waals surface area contributed by atoms with E-state index >= 15 is 0 Å². The van der Waals surface area contributed by atoms with Gasteiger partial charge in [0.15, 0.2) is 0 Å². The maximum absolute atomic E-state index is 5.79. The van der Waals surface area contributed by atoms with Crippen LogP contribution < -0.4 is 9.64 Å². The smallest absolute Gasteiger partial charge is 0.120 e. The third kappa shape index (κ3) is 4.27. The van der Waals surface area contributed by atoms with E-state index in [9.17, 15) is 0 Å². The summed E-state index contributed by atoms with van der Waals surface area (Å²) in [6.45, 7) is 6.81. The van der Waals surface area contributed by atoms with Crippen LogP contribution in [0, 0.1) is 6.92 Å². The lowest BCUT2D eigenvalue weighted by Crippen LogP contribution is -2.27. The molecule has 3 heteroatoms. The van der Waals surface area contributed by atoms with Crippen LogP contribution in [0.1, 0.15) is 12.5 Å². The Labute approximate surface area is 129 Å². The minimum absolute atomic E-state index is 0.679. The largest absolute Gasteiger partial charge is 0.492 e. The minimum atomic E-state index is 0.679. The first-order valence-corrected chi connectivity index (χ1v) is 7.68. The summed E-state index contributed by atoms with van der Waals surface area (Å²) in [6.07, 6.45) is 0. The van der Waals surface area contributed by atoms with Gasteiger partial charge in [-0.2, -0.15) is 0 Å². The van der Waals surface area contributed by atoms with E-state index in [4.69, 9.17) is 4.74 Å². The van der Waals surface area contributed by atoms with Gasteiger partial charge in [-0.25, -0.2) is 0 Å². The zero-order valence-electron chi connectivity index (χ0n) is 12.0. The second-order valence-corrected chi connectivity index (χ2v) is 5.64. The summed E-state index contributed by atoms with van der Waals surface area (Å²) in [6, 6.07) is 16.6. The monoisotopic (exact) mass is 333 g/mol. The molecule has 20 heavy (non-hydrogen) atoms. The average molecular weight is 334 g/mol. The Bertz CT molecular complexity index is 539. The molecule has 0 atom stereocenters. The van der Waals surface area contributed by atoms with Crippen molar-refractivity contribution in [3.05, 3.63) is 58.6 Å². The topological polar surface area (TPSA) is 12.5 Å². The van der Waals surface area contributed by atoms with Gasteiger partial charge < -0.3 is 9.64 Å². The van der Waals surface area contributed by atoms with Crippen LogP contribution >= 0.6 is 15.9 Å². The Morgan fingerprint density at radius 3 is 2.50 bits per heavy atom. The minimum Gasteiger partial charge on any atom is -0.492 e. The van der Waals surface area contributed by atoms with E-state index in [1.54, 1.807) is 0 Å². The highest BCUT2D eigenvalue weighted by molar-refractivity contribution is 9.10. The van der Waals surface area contributed by atoms with Crippen molar-refractivity contribution < 1.29 is 4.74 Å². The lowest BCUT2D eigenvalue weighted by atomic mass is 10.2. The lowest BCUT2D eigenvalue weighted by molar-refractivity contribution is 0.324. The molecule has 0 saturated heterocycles. The standard InChI is InChI=1S/C17H20BrNO/c1-3-19(16-9-7-14(2)8-10-16)11-12-20-17-6-4-5-15(18)13-17/h4-10,13H,3,11-12H2,1-2H3. The van der Waals surface area contributed by atoms with E-state index in [0.29, 0.717) is 6.61 Å². The first-order valence-electron chi connectivity index (χ1n) is 6.89. The normalized spacial score (nSPS) is 10.3. The molecule has 0 aliphatic carbocycles. The van der Waals surface area contributed by atoms with Crippen LogP contribution in [0.25, 0.3) is 0 Å². The van der Waals surface area contributed by atoms with Crippen LogP contribution in [0.4, 0.5) is 5.69 Å². The summed E-state index contributed by atoms with van der Waals surface area (Å²) in [5.74, 6) is 0.902. The van der Waals surface area contributed by atoms with Crippen molar-refractivity contribution in [2.75, 3.05) is 24.6 Å². The molecular weight excluding hydrogens is 314 g/mol. The molecule has 2 rings (SSSR count). The third-order valence-electron chi connectivity index (χ3n) is 3.21. The Morgan fingerprint density at radius 1 is 1.10 bits per heavy atom. The zero-order chi connectivity index (χ0) is 14.4. The maximum atomic E-state index is 5.79. The van der Waals surface area contributed by atoms with Crippen LogP contribution in [0.2, 0.25) is 0 Å². The van der Waals surface area contributed by atoms with Crippen molar-refractivity contribution in [2.24, 2.45) is 0 Å². The van der Waals surface area contributed by atoms with E-state index in [0.717, 1.165) is 23.3 Å². The Balaban J connectivity index is 1.89. The molecular formula is C17H20BrNO. The maximum Gasteiger partial charge on any atom is 0.120 e. The fraction of sp³-hybridized carbons (Fsp3) is 0.294. The van der Waals surface area contributed by atoms with Gasteiger partial charge in [-0.05, 0) is 44.2 Å². The number of ether oxygens (including phenoxy) is 1. The summed E-state index contributed by atoms with van der Waals surface area (Å²) >= 11 is 3.45.